The zero-order chi connectivity index (χ0) is 14.0. The SMILES string of the molecule is COC(=O)c1cc(N)cn1Cc1ccc(F)c(F)c1. The third kappa shape index (κ3) is 2.73. The predicted octanol–water partition coefficient (Wildman–Crippen LogP) is 2.18. The molecular weight excluding hydrogens is 254 g/mol. The number of hydrogen-bond acceptors (Lipinski definition) is 3. The highest BCUT2D eigenvalue weighted by atomic mass is 19.2. The Balaban J connectivity index is 2.32. The highest BCUT2D eigenvalue weighted by Crippen LogP contribution is 2.16. The minimum atomic E-state index is -0.933. The van der Waals surface area contributed by atoms with Gasteiger partial charge in [0.25, 0.3) is 0 Å². The second-order valence-corrected chi connectivity index (χ2v) is 4.03. The molecule has 0 aliphatic rings. The van der Waals surface area contributed by atoms with E-state index in [1.54, 1.807) is 0 Å². The normalized spacial score (nSPS) is 10.5. The highest BCUT2D eigenvalue weighted by Gasteiger charge is 2.14. The van der Waals surface area contributed by atoms with Gasteiger partial charge in [-0.15, -0.1) is 0 Å². The van der Waals surface area contributed by atoms with Crippen LogP contribution >= 0.6 is 0 Å². The van der Waals surface area contributed by atoms with Crippen LogP contribution in [0.5, 0.6) is 0 Å². The van der Waals surface area contributed by atoms with E-state index in [2.05, 4.69) is 4.74 Å². The maximum Gasteiger partial charge on any atom is 0.354 e. The van der Waals surface area contributed by atoms with Crippen molar-refractivity contribution in [2.45, 2.75) is 6.54 Å². The molecule has 0 atom stereocenters. The van der Waals surface area contributed by atoms with Crippen molar-refractivity contribution in [2.75, 3.05) is 12.8 Å². The van der Waals surface area contributed by atoms with Crippen molar-refractivity contribution in [1.29, 1.82) is 0 Å². The number of anilines is 1. The van der Waals surface area contributed by atoms with Crippen LogP contribution in [0.2, 0.25) is 0 Å². The van der Waals surface area contributed by atoms with E-state index in [0.29, 0.717) is 11.3 Å². The number of ether oxygens (including phenoxy) is 1. The molecule has 0 saturated carbocycles. The maximum atomic E-state index is 13.1. The van der Waals surface area contributed by atoms with E-state index < -0.39 is 17.6 Å². The minimum Gasteiger partial charge on any atom is -0.464 e. The number of halogens is 2. The standard InChI is InChI=1S/C13H12F2N2O2/c1-19-13(18)12-5-9(16)7-17(12)6-8-2-3-10(14)11(15)4-8/h2-5,7H,6,16H2,1H3. The van der Waals surface area contributed by atoms with Crippen molar-refractivity contribution in [3.8, 4) is 0 Å². The average Bonchev–Trinajstić information content (AvgIpc) is 2.74. The fourth-order valence-electron chi connectivity index (χ4n) is 1.77. The molecule has 2 aromatic rings. The molecule has 0 fully saturated rings. The lowest BCUT2D eigenvalue weighted by molar-refractivity contribution is 0.0589. The van der Waals surface area contributed by atoms with E-state index in [1.807, 2.05) is 0 Å². The van der Waals surface area contributed by atoms with Gasteiger partial charge in [-0.3, -0.25) is 0 Å². The van der Waals surface area contributed by atoms with Crippen LogP contribution in [0.1, 0.15) is 16.1 Å². The van der Waals surface area contributed by atoms with E-state index in [9.17, 15) is 13.6 Å². The Morgan fingerprint density at radius 1 is 1.32 bits per heavy atom. The van der Waals surface area contributed by atoms with Gasteiger partial charge in [0.2, 0.25) is 0 Å². The summed E-state index contributed by atoms with van der Waals surface area (Å²) in [7, 11) is 1.26. The zero-order valence-corrected chi connectivity index (χ0v) is 10.2. The molecule has 4 nitrogen and oxygen atoms in total. The third-order valence-electron chi connectivity index (χ3n) is 2.65. The molecule has 0 unspecified atom stereocenters. The number of carbonyl (C=O) groups is 1. The van der Waals surface area contributed by atoms with Crippen molar-refractivity contribution in [3.63, 3.8) is 0 Å². The molecule has 2 N–H and O–H groups in total. The van der Waals surface area contributed by atoms with Crippen LogP contribution in [0, 0.1) is 11.6 Å². The number of nitrogen functional groups attached to an aromatic ring is 1. The molecular formula is C13H12F2N2O2. The summed E-state index contributed by atoms with van der Waals surface area (Å²) < 4.78 is 32.1. The van der Waals surface area contributed by atoms with Crippen LogP contribution in [0.4, 0.5) is 14.5 Å². The highest BCUT2D eigenvalue weighted by molar-refractivity contribution is 5.89. The number of nitrogens with two attached hydrogens (primary N) is 1. The molecule has 2 rings (SSSR count). The number of methoxy groups -OCH3 is 1. The summed E-state index contributed by atoms with van der Waals surface area (Å²) in [5, 5.41) is 0. The van der Waals surface area contributed by atoms with E-state index in [1.165, 1.54) is 30.0 Å². The smallest absolute Gasteiger partial charge is 0.354 e. The topological polar surface area (TPSA) is 57.2 Å². The molecule has 0 aliphatic carbocycles. The quantitative estimate of drug-likeness (QED) is 0.866. The van der Waals surface area contributed by atoms with Gasteiger partial charge in [0.1, 0.15) is 5.69 Å². The van der Waals surface area contributed by atoms with Crippen molar-refractivity contribution < 1.29 is 18.3 Å². The van der Waals surface area contributed by atoms with Crippen molar-refractivity contribution >= 4 is 11.7 Å². The molecule has 0 saturated heterocycles. The summed E-state index contributed by atoms with van der Waals surface area (Å²) in [5.74, 6) is -2.39. The molecule has 0 bridgehead atoms. The number of hydrogen-bond donors (Lipinski definition) is 1. The second kappa shape index (κ2) is 5.09. The van der Waals surface area contributed by atoms with Crippen molar-refractivity contribution in [1.82, 2.24) is 4.57 Å². The average molecular weight is 266 g/mol. The van der Waals surface area contributed by atoms with E-state index in [0.717, 1.165) is 12.1 Å². The lowest BCUT2D eigenvalue weighted by atomic mass is 10.2. The van der Waals surface area contributed by atoms with Gasteiger partial charge in [0.15, 0.2) is 11.6 Å². The van der Waals surface area contributed by atoms with E-state index in [4.69, 9.17) is 5.73 Å². The van der Waals surface area contributed by atoms with Gasteiger partial charge in [0, 0.05) is 12.7 Å². The lowest BCUT2D eigenvalue weighted by Crippen LogP contribution is -2.10. The Morgan fingerprint density at radius 3 is 2.68 bits per heavy atom. The maximum absolute atomic E-state index is 13.1. The molecule has 0 spiro atoms. The first-order chi connectivity index (χ1) is 9.01. The fourth-order valence-corrected chi connectivity index (χ4v) is 1.77. The van der Waals surface area contributed by atoms with Crippen molar-refractivity contribution in [2.24, 2.45) is 0 Å². The Hall–Kier alpha value is -2.37. The van der Waals surface area contributed by atoms with E-state index >= 15 is 0 Å². The van der Waals surface area contributed by atoms with Crippen LogP contribution in [0.3, 0.4) is 0 Å². The number of aromatic nitrogens is 1. The summed E-state index contributed by atoms with van der Waals surface area (Å²) in [5.41, 5.74) is 6.78. The molecule has 1 aromatic carbocycles. The van der Waals surface area contributed by atoms with Gasteiger partial charge < -0.3 is 15.0 Å². The molecule has 1 heterocycles. The van der Waals surface area contributed by atoms with Crippen LogP contribution in [0.25, 0.3) is 0 Å². The molecule has 6 heteroatoms. The van der Waals surface area contributed by atoms with Gasteiger partial charge in [0.05, 0.1) is 12.8 Å². The van der Waals surface area contributed by atoms with Crippen LogP contribution in [-0.2, 0) is 11.3 Å². The summed E-state index contributed by atoms with van der Waals surface area (Å²) >= 11 is 0. The molecule has 1 aromatic heterocycles. The summed E-state index contributed by atoms with van der Waals surface area (Å²) in [6.07, 6.45) is 1.54. The Labute approximate surface area is 108 Å². The largest absolute Gasteiger partial charge is 0.464 e. The predicted molar refractivity (Wildman–Crippen MR) is 65.6 cm³/mol. The number of rotatable bonds is 3. The third-order valence-corrected chi connectivity index (χ3v) is 2.65. The summed E-state index contributed by atoms with van der Waals surface area (Å²) in [6.45, 7) is 0.193. The van der Waals surface area contributed by atoms with Gasteiger partial charge in [-0.05, 0) is 23.8 Å². The summed E-state index contributed by atoms with van der Waals surface area (Å²) in [6, 6.07) is 5.02. The minimum absolute atomic E-state index is 0.193. The molecule has 19 heavy (non-hydrogen) atoms. The van der Waals surface area contributed by atoms with Gasteiger partial charge >= 0.3 is 5.97 Å². The zero-order valence-electron chi connectivity index (χ0n) is 10.2. The number of esters is 1. The Bertz CT molecular complexity index is 623. The monoisotopic (exact) mass is 266 g/mol. The van der Waals surface area contributed by atoms with Gasteiger partial charge in [-0.2, -0.15) is 0 Å². The molecule has 0 radical (unpaired) electrons. The first-order valence-electron chi connectivity index (χ1n) is 5.49. The molecule has 0 amide bonds. The number of carbonyl (C=O) groups excluding carboxylic acids is 1. The fraction of sp³-hybridized carbons (Fsp3) is 0.154. The van der Waals surface area contributed by atoms with Gasteiger partial charge in [-0.25, -0.2) is 13.6 Å². The Kier molecular flexibility index (Phi) is 3.50. The van der Waals surface area contributed by atoms with Crippen LogP contribution < -0.4 is 5.73 Å². The van der Waals surface area contributed by atoms with E-state index in [-0.39, 0.29) is 12.2 Å². The van der Waals surface area contributed by atoms with Gasteiger partial charge in [-0.1, -0.05) is 6.07 Å². The lowest BCUT2D eigenvalue weighted by Gasteiger charge is -2.08. The van der Waals surface area contributed by atoms with Crippen LogP contribution in [-0.4, -0.2) is 17.6 Å². The number of benzene rings is 1. The first kappa shape index (κ1) is 13.1. The second-order valence-electron chi connectivity index (χ2n) is 4.03. The van der Waals surface area contributed by atoms with Crippen LogP contribution in [0.15, 0.2) is 30.5 Å². The van der Waals surface area contributed by atoms with Crippen molar-refractivity contribution in [3.05, 3.63) is 53.4 Å². The first-order valence-corrected chi connectivity index (χ1v) is 5.49. The Morgan fingerprint density at radius 2 is 2.05 bits per heavy atom. The summed E-state index contributed by atoms with van der Waals surface area (Å²) in [4.78, 5) is 11.5. The number of nitrogens with zero attached hydrogens (tertiary/aromatic N) is 1. The molecule has 0 aliphatic heterocycles. The molecule has 100 valence electrons.